The fourth-order valence-electron chi connectivity index (χ4n) is 4.08. The van der Waals surface area contributed by atoms with E-state index in [1.165, 1.54) is 12.1 Å². The Bertz CT molecular complexity index is 1170. The summed E-state index contributed by atoms with van der Waals surface area (Å²) in [6.07, 6.45) is 5.60. The number of nitrogens with two attached hydrogens (primary N) is 1. The van der Waals surface area contributed by atoms with Gasteiger partial charge in [-0.15, -0.1) is 0 Å². The molecule has 4 heterocycles. The number of nitrogen functional groups attached to an aromatic ring is 1. The van der Waals surface area contributed by atoms with E-state index >= 15 is 0 Å². The van der Waals surface area contributed by atoms with Gasteiger partial charge in [-0.25, -0.2) is 9.37 Å². The van der Waals surface area contributed by atoms with Crippen molar-refractivity contribution in [1.29, 1.82) is 0 Å². The van der Waals surface area contributed by atoms with E-state index in [0.717, 1.165) is 17.5 Å². The van der Waals surface area contributed by atoms with Gasteiger partial charge in [0.2, 0.25) is 0 Å². The molecule has 32 heavy (non-hydrogen) atoms. The van der Waals surface area contributed by atoms with Crippen LogP contribution in [0.15, 0.2) is 36.8 Å². The second-order valence-corrected chi connectivity index (χ2v) is 8.96. The number of ether oxygens (including phenoxy) is 3. The zero-order valence-electron chi connectivity index (χ0n) is 17.2. The van der Waals surface area contributed by atoms with Crippen LogP contribution in [0.1, 0.15) is 31.1 Å². The molecule has 0 amide bonds. The summed E-state index contributed by atoms with van der Waals surface area (Å²) in [6.45, 7) is 3.59. The van der Waals surface area contributed by atoms with Crippen molar-refractivity contribution in [2.45, 2.75) is 31.1 Å². The van der Waals surface area contributed by atoms with Crippen LogP contribution >= 0.6 is 23.2 Å². The van der Waals surface area contributed by atoms with Crippen LogP contribution in [-0.2, 0) is 9.47 Å². The lowest BCUT2D eigenvalue weighted by molar-refractivity contribution is -0.184. The summed E-state index contributed by atoms with van der Waals surface area (Å²) in [7, 11) is 0. The fraction of sp³-hybridized carbons (Fsp3) is 0.364. The minimum Gasteiger partial charge on any atom is -0.482 e. The van der Waals surface area contributed by atoms with Crippen LogP contribution in [0.3, 0.4) is 0 Å². The quantitative estimate of drug-likeness (QED) is 0.527. The number of halogens is 3. The molecule has 2 N–H and O–H groups in total. The number of aromatic nitrogens is 3. The Kier molecular flexibility index (Phi) is 5.49. The van der Waals surface area contributed by atoms with Crippen LogP contribution in [0, 0.1) is 5.82 Å². The van der Waals surface area contributed by atoms with Crippen molar-refractivity contribution in [3.63, 3.8) is 0 Å². The van der Waals surface area contributed by atoms with Crippen molar-refractivity contribution in [2.24, 2.45) is 0 Å². The molecular weight excluding hydrogens is 458 g/mol. The molecule has 1 aromatic carbocycles. The maximum absolute atomic E-state index is 13.9. The molecule has 0 bridgehead atoms. The van der Waals surface area contributed by atoms with Crippen molar-refractivity contribution >= 4 is 29.0 Å². The number of rotatable bonds is 5. The maximum Gasteiger partial charge on any atom is 0.166 e. The summed E-state index contributed by atoms with van der Waals surface area (Å²) in [4.78, 5) is 4.25. The molecule has 2 fully saturated rings. The van der Waals surface area contributed by atoms with Gasteiger partial charge in [-0.2, -0.15) is 5.10 Å². The van der Waals surface area contributed by atoms with Crippen molar-refractivity contribution in [1.82, 2.24) is 14.8 Å². The number of benzene rings is 1. The molecule has 2 aromatic heterocycles. The number of pyridine rings is 1. The van der Waals surface area contributed by atoms with Crippen molar-refractivity contribution in [3.05, 3.63) is 58.2 Å². The Morgan fingerprint density at radius 2 is 2.09 bits per heavy atom. The van der Waals surface area contributed by atoms with Gasteiger partial charge in [-0.05, 0) is 25.1 Å². The Labute approximate surface area is 194 Å². The van der Waals surface area contributed by atoms with Crippen molar-refractivity contribution in [3.8, 4) is 16.9 Å². The van der Waals surface area contributed by atoms with Gasteiger partial charge in [-0.3, -0.25) is 4.68 Å². The molecule has 7 nitrogen and oxygen atoms in total. The number of nitrogens with zero attached hydrogens (tertiary/aromatic N) is 3. The van der Waals surface area contributed by atoms with E-state index in [1.807, 2.05) is 10.9 Å². The summed E-state index contributed by atoms with van der Waals surface area (Å²) in [6, 6.07) is 4.58. The van der Waals surface area contributed by atoms with Gasteiger partial charge in [0.25, 0.3) is 0 Å². The molecule has 2 aliphatic heterocycles. The lowest BCUT2D eigenvalue weighted by Crippen LogP contribution is -2.49. The van der Waals surface area contributed by atoms with E-state index < -0.39 is 11.9 Å². The lowest BCUT2D eigenvalue weighted by Gasteiger charge is -2.36. The standard InChI is InChI=1S/C22H21Cl2FN4O3/c1-12(19-16(23)2-3-17(25)20(19)24)32-18-4-13(6-27-21(18)26)14-7-28-29(8-14)15-5-22(31-9-15)10-30-11-22/h2-4,6-8,12,15H,5,9-11H2,1H3,(H2,26,27). The largest absolute Gasteiger partial charge is 0.482 e. The van der Waals surface area contributed by atoms with Gasteiger partial charge in [0, 0.05) is 40.5 Å². The average molecular weight is 479 g/mol. The zero-order valence-corrected chi connectivity index (χ0v) is 18.7. The fourth-order valence-corrected chi connectivity index (χ4v) is 4.76. The first-order valence-electron chi connectivity index (χ1n) is 10.2. The molecular formula is C22H21Cl2FN4O3. The smallest absolute Gasteiger partial charge is 0.166 e. The molecule has 0 saturated carbocycles. The van der Waals surface area contributed by atoms with Gasteiger partial charge < -0.3 is 19.9 Å². The molecule has 0 radical (unpaired) electrons. The molecule has 5 rings (SSSR count). The van der Waals surface area contributed by atoms with Gasteiger partial charge in [0.05, 0.1) is 37.1 Å². The first-order valence-corrected chi connectivity index (χ1v) is 10.9. The van der Waals surface area contributed by atoms with E-state index in [0.29, 0.717) is 36.2 Å². The summed E-state index contributed by atoms with van der Waals surface area (Å²) >= 11 is 12.3. The van der Waals surface area contributed by atoms with Crippen LogP contribution in [0.25, 0.3) is 11.1 Å². The summed E-state index contributed by atoms with van der Waals surface area (Å²) in [5.74, 6) is -0.0263. The molecule has 1 spiro atoms. The molecule has 10 heteroatoms. The number of anilines is 1. The van der Waals surface area contributed by atoms with Crippen molar-refractivity contribution in [2.75, 3.05) is 25.6 Å². The monoisotopic (exact) mass is 478 g/mol. The zero-order chi connectivity index (χ0) is 22.5. The van der Waals surface area contributed by atoms with Gasteiger partial charge >= 0.3 is 0 Å². The predicted molar refractivity (Wildman–Crippen MR) is 118 cm³/mol. The number of hydrogen-bond acceptors (Lipinski definition) is 6. The first kappa shape index (κ1) is 21.5. The van der Waals surface area contributed by atoms with Crippen LogP contribution in [0.4, 0.5) is 10.2 Å². The molecule has 3 aromatic rings. The van der Waals surface area contributed by atoms with E-state index in [2.05, 4.69) is 10.1 Å². The van der Waals surface area contributed by atoms with Gasteiger partial charge in [0.15, 0.2) is 11.6 Å². The first-order chi connectivity index (χ1) is 15.3. The topological polar surface area (TPSA) is 84.4 Å². The second kappa shape index (κ2) is 8.19. The highest BCUT2D eigenvalue weighted by Crippen LogP contribution is 2.39. The minimum absolute atomic E-state index is 0.0811. The highest BCUT2D eigenvalue weighted by molar-refractivity contribution is 6.36. The minimum atomic E-state index is -0.649. The number of hydrogen-bond donors (Lipinski definition) is 1. The maximum atomic E-state index is 13.9. The summed E-state index contributed by atoms with van der Waals surface area (Å²) < 4.78 is 33.0. The van der Waals surface area contributed by atoms with Gasteiger partial charge in [0.1, 0.15) is 17.5 Å². The Morgan fingerprint density at radius 1 is 1.28 bits per heavy atom. The molecule has 2 unspecified atom stereocenters. The highest BCUT2D eigenvalue weighted by atomic mass is 35.5. The second-order valence-electron chi connectivity index (χ2n) is 8.18. The summed E-state index contributed by atoms with van der Waals surface area (Å²) in [5, 5.41) is 4.74. The molecule has 2 saturated heterocycles. The lowest BCUT2D eigenvalue weighted by atomic mass is 9.96. The van der Waals surface area contributed by atoms with E-state index in [1.54, 1.807) is 25.4 Å². The van der Waals surface area contributed by atoms with E-state index in [-0.39, 0.29) is 22.5 Å². The Hall–Kier alpha value is -2.39. The van der Waals surface area contributed by atoms with Crippen LogP contribution in [-0.4, -0.2) is 40.2 Å². The normalized spacial score (nSPS) is 20.3. The summed E-state index contributed by atoms with van der Waals surface area (Å²) in [5.41, 5.74) is 7.87. The van der Waals surface area contributed by atoms with E-state index in [9.17, 15) is 4.39 Å². The third-order valence-corrected chi connectivity index (χ3v) is 6.61. The Morgan fingerprint density at radius 3 is 2.81 bits per heavy atom. The molecule has 2 atom stereocenters. The van der Waals surface area contributed by atoms with Crippen LogP contribution < -0.4 is 10.5 Å². The molecule has 0 aliphatic carbocycles. The SMILES string of the molecule is CC(Oc1cc(-c2cnn(C3COC4(COC4)C3)c2)cnc1N)c1c(Cl)ccc(F)c1Cl. The third kappa shape index (κ3) is 3.81. The van der Waals surface area contributed by atoms with Crippen molar-refractivity contribution < 1.29 is 18.6 Å². The molecule has 168 valence electrons. The highest BCUT2D eigenvalue weighted by Gasteiger charge is 2.47. The van der Waals surface area contributed by atoms with E-state index in [4.69, 9.17) is 43.1 Å². The molecule has 2 aliphatic rings. The average Bonchev–Trinajstić information content (AvgIpc) is 3.40. The van der Waals surface area contributed by atoms with Gasteiger partial charge in [-0.1, -0.05) is 23.2 Å². The Balaban J connectivity index is 1.37. The van der Waals surface area contributed by atoms with Crippen LogP contribution in [0.2, 0.25) is 10.0 Å². The predicted octanol–water partition coefficient (Wildman–Crippen LogP) is 4.84. The van der Waals surface area contributed by atoms with Crippen LogP contribution in [0.5, 0.6) is 5.75 Å². The third-order valence-electron chi connectivity index (χ3n) is 5.90.